The van der Waals surface area contributed by atoms with Crippen molar-refractivity contribution < 1.29 is 19.7 Å². The highest BCUT2D eigenvalue weighted by Gasteiger charge is 2.44. The monoisotopic (exact) mass is 414 g/mol. The van der Waals surface area contributed by atoms with E-state index in [9.17, 15) is 24.6 Å². The van der Waals surface area contributed by atoms with Crippen LogP contribution in [0.3, 0.4) is 0 Å². The van der Waals surface area contributed by atoms with E-state index in [4.69, 9.17) is 4.74 Å². The van der Waals surface area contributed by atoms with E-state index >= 15 is 0 Å². The van der Waals surface area contributed by atoms with Gasteiger partial charge in [0, 0.05) is 42.3 Å². The maximum Gasteiger partial charge on any atom is 0.330 e. The van der Waals surface area contributed by atoms with E-state index in [0.29, 0.717) is 6.42 Å². The molecule has 5 N–H and O–H groups in total. The van der Waals surface area contributed by atoms with Crippen molar-refractivity contribution in [2.75, 3.05) is 6.54 Å². The van der Waals surface area contributed by atoms with Gasteiger partial charge in [0.15, 0.2) is 6.23 Å². The maximum atomic E-state index is 12.2. The molecular weight excluding hydrogens is 392 g/mol. The molecule has 0 bridgehead atoms. The number of hydrogen-bond acceptors (Lipinski definition) is 6. The van der Waals surface area contributed by atoms with E-state index in [-0.39, 0.29) is 18.9 Å². The van der Waals surface area contributed by atoms with Crippen molar-refractivity contribution in [1.29, 1.82) is 0 Å². The van der Waals surface area contributed by atoms with Crippen LogP contribution < -0.4 is 16.6 Å². The minimum absolute atomic E-state index is 0.0282. The highest BCUT2D eigenvalue weighted by molar-refractivity contribution is 5.84. The Hall–Kier alpha value is -3.21. The summed E-state index contributed by atoms with van der Waals surface area (Å²) in [7, 11) is 0. The van der Waals surface area contributed by atoms with Gasteiger partial charge < -0.3 is 25.3 Å². The number of fused-ring (bicyclic) bond motifs is 1. The third kappa shape index (κ3) is 3.92. The summed E-state index contributed by atoms with van der Waals surface area (Å²) in [6, 6.07) is 8.94. The summed E-state index contributed by atoms with van der Waals surface area (Å²) in [6.07, 6.45) is -0.908. The molecular formula is C20H22N4O6. The number of benzene rings is 1. The molecule has 3 aromatic rings. The second-order valence-corrected chi connectivity index (χ2v) is 7.23. The minimum atomic E-state index is -1.39. The average molecular weight is 414 g/mol. The van der Waals surface area contributed by atoms with Gasteiger partial charge in [-0.25, -0.2) is 4.79 Å². The van der Waals surface area contributed by atoms with E-state index in [2.05, 4.69) is 15.3 Å². The number of nitrogens with zero attached hydrogens (tertiary/aromatic N) is 1. The van der Waals surface area contributed by atoms with Crippen molar-refractivity contribution in [2.24, 2.45) is 0 Å². The van der Waals surface area contributed by atoms with Gasteiger partial charge in [0.25, 0.3) is 5.56 Å². The predicted octanol–water partition coefficient (Wildman–Crippen LogP) is -0.614. The Kier molecular flexibility index (Phi) is 5.53. The molecule has 1 aliphatic heterocycles. The molecule has 0 unspecified atom stereocenters. The molecule has 158 valence electrons. The number of hydrogen-bond donors (Lipinski definition) is 5. The number of carbonyl (C=O) groups excluding carboxylic acids is 1. The van der Waals surface area contributed by atoms with Crippen LogP contribution in [0.1, 0.15) is 18.2 Å². The Morgan fingerprint density at radius 3 is 2.77 bits per heavy atom. The van der Waals surface area contributed by atoms with Crippen molar-refractivity contribution in [3.8, 4) is 0 Å². The first kappa shape index (κ1) is 20.1. The summed E-state index contributed by atoms with van der Waals surface area (Å²) in [5.41, 5.74) is 0.698. The molecule has 4 rings (SSSR count). The normalized spacial score (nSPS) is 23.7. The minimum Gasteiger partial charge on any atom is -0.387 e. The molecule has 0 saturated carbocycles. The Labute approximate surface area is 170 Å². The topological polar surface area (TPSA) is 149 Å². The predicted molar refractivity (Wildman–Crippen MR) is 107 cm³/mol. The molecule has 1 aromatic carbocycles. The zero-order chi connectivity index (χ0) is 21.3. The summed E-state index contributed by atoms with van der Waals surface area (Å²) in [6.45, 7) is -0.0282. The van der Waals surface area contributed by atoms with Crippen LogP contribution in [0.2, 0.25) is 0 Å². The van der Waals surface area contributed by atoms with E-state index in [1.165, 1.54) is 6.20 Å². The standard InChI is InChI=1S/C20H22N4O6/c25-15(6-5-11-9-21-13-4-2-1-3-12(11)13)22-10-14-17(27)18(28)19(30-14)24-8-7-16(26)23-20(24)29/h1-4,7-9,14,17-19,21,27-28H,5-6,10H2,(H,22,25)(H,23,26,29)/t14-,17-,18-,19-/m1/s1. The van der Waals surface area contributed by atoms with Crippen LogP contribution in [0.25, 0.3) is 10.9 Å². The van der Waals surface area contributed by atoms with Crippen LogP contribution in [-0.2, 0) is 16.0 Å². The summed E-state index contributed by atoms with van der Waals surface area (Å²) in [5.74, 6) is -0.227. The number of carbonyl (C=O) groups is 1. The van der Waals surface area contributed by atoms with Crippen molar-refractivity contribution in [3.05, 3.63) is 69.1 Å². The van der Waals surface area contributed by atoms with E-state index in [1.807, 2.05) is 30.5 Å². The van der Waals surface area contributed by atoms with Gasteiger partial charge in [-0.3, -0.25) is 19.1 Å². The molecule has 1 fully saturated rings. The van der Waals surface area contributed by atoms with Gasteiger partial charge in [0.2, 0.25) is 5.91 Å². The van der Waals surface area contributed by atoms with Crippen LogP contribution in [0.15, 0.2) is 52.3 Å². The highest BCUT2D eigenvalue weighted by atomic mass is 16.6. The Balaban J connectivity index is 1.33. The summed E-state index contributed by atoms with van der Waals surface area (Å²) in [5, 5.41) is 24.2. The number of para-hydroxylation sites is 1. The number of nitrogens with one attached hydrogen (secondary N) is 3. The second kappa shape index (κ2) is 8.27. The lowest BCUT2D eigenvalue weighted by Crippen LogP contribution is -2.40. The molecule has 4 atom stereocenters. The zero-order valence-electron chi connectivity index (χ0n) is 15.9. The van der Waals surface area contributed by atoms with Gasteiger partial charge in [-0.2, -0.15) is 0 Å². The molecule has 0 radical (unpaired) electrons. The lowest BCUT2D eigenvalue weighted by molar-refractivity contribution is -0.122. The number of aromatic amines is 2. The summed E-state index contributed by atoms with van der Waals surface area (Å²) >= 11 is 0. The Morgan fingerprint density at radius 2 is 1.97 bits per heavy atom. The third-order valence-corrected chi connectivity index (χ3v) is 5.26. The molecule has 0 aliphatic carbocycles. The fourth-order valence-electron chi connectivity index (χ4n) is 3.64. The largest absolute Gasteiger partial charge is 0.387 e. The number of rotatable bonds is 6. The highest BCUT2D eigenvalue weighted by Crippen LogP contribution is 2.27. The van der Waals surface area contributed by atoms with Crippen LogP contribution in [0.5, 0.6) is 0 Å². The van der Waals surface area contributed by atoms with Gasteiger partial charge >= 0.3 is 5.69 Å². The fourth-order valence-corrected chi connectivity index (χ4v) is 3.64. The van der Waals surface area contributed by atoms with Crippen molar-refractivity contribution >= 4 is 16.8 Å². The van der Waals surface area contributed by atoms with Gasteiger partial charge in [-0.1, -0.05) is 18.2 Å². The SMILES string of the molecule is O=C(CCc1c[nH]c2ccccc12)NC[C@H]1O[C@@H](n2ccc(=O)[nH]c2=O)[C@H](O)[C@@H]1O. The lowest BCUT2D eigenvalue weighted by atomic mass is 10.1. The molecule has 10 heteroatoms. The molecule has 1 amide bonds. The van der Waals surface area contributed by atoms with E-state index in [1.54, 1.807) is 0 Å². The molecule has 3 heterocycles. The number of amides is 1. The molecule has 2 aromatic heterocycles. The second-order valence-electron chi connectivity index (χ2n) is 7.23. The van der Waals surface area contributed by atoms with Gasteiger partial charge in [-0.05, 0) is 18.1 Å². The number of H-pyrrole nitrogens is 2. The third-order valence-electron chi connectivity index (χ3n) is 5.26. The molecule has 10 nitrogen and oxygen atoms in total. The Bertz CT molecular complexity index is 1170. The quantitative estimate of drug-likeness (QED) is 0.363. The zero-order valence-corrected chi connectivity index (χ0v) is 15.9. The lowest BCUT2D eigenvalue weighted by Gasteiger charge is -2.16. The first-order valence-electron chi connectivity index (χ1n) is 9.59. The summed E-state index contributed by atoms with van der Waals surface area (Å²) in [4.78, 5) is 40.6. The number of ether oxygens (including phenoxy) is 1. The van der Waals surface area contributed by atoms with Crippen molar-refractivity contribution in [1.82, 2.24) is 19.9 Å². The molecule has 30 heavy (non-hydrogen) atoms. The number of aliphatic hydroxyl groups is 2. The number of aliphatic hydroxyl groups excluding tert-OH is 2. The van der Waals surface area contributed by atoms with Crippen LogP contribution in [0, 0.1) is 0 Å². The Morgan fingerprint density at radius 1 is 1.17 bits per heavy atom. The first-order chi connectivity index (χ1) is 14.4. The van der Waals surface area contributed by atoms with E-state index in [0.717, 1.165) is 27.1 Å². The molecule has 1 aliphatic rings. The number of aromatic nitrogens is 3. The molecule has 1 saturated heterocycles. The van der Waals surface area contributed by atoms with Gasteiger partial charge in [0.1, 0.15) is 18.3 Å². The van der Waals surface area contributed by atoms with Crippen LogP contribution in [0.4, 0.5) is 0 Å². The number of aryl methyl sites for hydroxylation is 1. The fraction of sp³-hybridized carbons (Fsp3) is 0.350. The smallest absolute Gasteiger partial charge is 0.330 e. The van der Waals surface area contributed by atoms with Crippen LogP contribution in [-0.4, -0.2) is 55.5 Å². The molecule has 0 spiro atoms. The maximum absolute atomic E-state index is 12.2. The van der Waals surface area contributed by atoms with Gasteiger partial charge in [-0.15, -0.1) is 0 Å². The summed E-state index contributed by atoms with van der Waals surface area (Å²) < 4.78 is 6.57. The van der Waals surface area contributed by atoms with Gasteiger partial charge in [0.05, 0.1) is 0 Å². The van der Waals surface area contributed by atoms with Crippen LogP contribution >= 0.6 is 0 Å². The van der Waals surface area contributed by atoms with E-state index < -0.39 is 35.8 Å². The first-order valence-corrected chi connectivity index (χ1v) is 9.59. The van der Waals surface area contributed by atoms with Crippen molar-refractivity contribution in [3.63, 3.8) is 0 Å². The average Bonchev–Trinajstić information content (AvgIpc) is 3.27. The van der Waals surface area contributed by atoms with Crippen molar-refractivity contribution in [2.45, 2.75) is 37.4 Å².